The topological polar surface area (TPSA) is 39.0 Å². The van der Waals surface area contributed by atoms with Crippen LogP contribution in [0.25, 0.3) is 0 Å². The molecular weight excluding hydrogens is 235 g/mol. The molecule has 98 valence electrons. The van der Waals surface area contributed by atoms with Crippen LogP contribution in [0.4, 0.5) is 13.2 Å². The van der Waals surface area contributed by atoms with Crippen molar-refractivity contribution in [3.8, 4) is 0 Å². The van der Waals surface area contributed by atoms with Gasteiger partial charge in [-0.15, -0.1) is 0 Å². The summed E-state index contributed by atoms with van der Waals surface area (Å²) in [6.45, 7) is 1.91. The molecule has 1 aromatic rings. The largest absolute Gasteiger partial charge is 0.401 e. The van der Waals surface area contributed by atoms with Crippen LogP contribution < -0.4 is 11.0 Å². The lowest BCUT2D eigenvalue weighted by Gasteiger charge is -2.07. The van der Waals surface area contributed by atoms with Crippen molar-refractivity contribution >= 4 is 0 Å². The van der Waals surface area contributed by atoms with Crippen molar-refractivity contribution in [1.82, 2.24) is 14.5 Å². The van der Waals surface area contributed by atoms with E-state index in [4.69, 9.17) is 0 Å². The van der Waals surface area contributed by atoms with Gasteiger partial charge in [0, 0.05) is 32.0 Å². The second-order valence-corrected chi connectivity index (χ2v) is 3.76. The Labute approximate surface area is 97.0 Å². The summed E-state index contributed by atoms with van der Waals surface area (Å²) >= 11 is 0. The van der Waals surface area contributed by atoms with E-state index in [1.54, 1.807) is 17.0 Å². The van der Waals surface area contributed by atoms with Crippen LogP contribution in [0.15, 0.2) is 17.2 Å². The number of nitrogens with one attached hydrogen (secondary N) is 1. The Bertz CT molecular complexity index is 394. The molecule has 0 saturated carbocycles. The van der Waals surface area contributed by atoms with Crippen molar-refractivity contribution in [3.63, 3.8) is 0 Å². The fourth-order valence-corrected chi connectivity index (χ4v) is 1.46. The van der Waals surface area contributed by atoms with Crippen molar-refractivity contribution < 1.29 is 13.2 Å². The highest BCUT2D eigenvalue weighted by molar-refractivity contribution is 4.81. The predicted octanol–water partition coefficient (Wildman–Crippen LogP) is 1.21. The molecule has 0 radical (unpaired) electrons. The molecule has 0 aromatic carbocycles. The molecule has 0 saturated heterocycles. The van der Waals surface area contributed by atoms with Gasteiger partial charge in [0.1, 0.15) is 0 Å². The van der Waals surface area contributed by atoms with E-state index < -0.39 is 12.7 Å². The van der Waals surface area contributed by atoms with Crippen LogP contribution in [-0.2, 0) is 13.1 Å². The predicted molar refractivity (Wildman–Crippen MR) is 57.9 cm³/mol. The van der Waals surface area contributed by atoms with Gasteiger partial charge >= 0.3 is 11.9 Å². The average Bonchev–Trinajstić information content (AvgIpc) is 2.55. The van der Waals surface area contributed by atoms with Crippen molar-refractivity contribution in [1.29, 1.82) is 0 Å². The van der Waals surface area contributed by atoms with Gasteiger partial charge in [-0.3, -0.25) is 9.13 Å². The minimum atomic E-state index is -4.21. The summed E-state index contributed by atoms with van der Waals surface area (Å²) in [7, 11) is 0. The first-order valence-corrected chi connectivity index (χ1v) is 5.47. The van der Waals surface area contributed by atoms with E-state index in [-0.39, 0.29) is 18.8 Å². The number of halogens is 3. The number of aromatic nitrogens is 2. The Hall–Kier alpha value is -1.24. The normalized spacial score (nSPS) is 12.0. The summed E-state index contributed by atoms with van der Waals surface area (Å²) in [5.41, 5.74) is -0.180. The zero-order valence-corrected chi connectivity index (χ0v) is 9.63. The van der Waals surface area contributed by atoms with Gasteiger partial charge in [0.15, 0.2) is 0 Å². The molecule has 4 nitrogen and oxygen atoms in total. The third-order valence-corrected chi connectivity index (χ3v) is 2.24. The zero-order chi connectivity index (χ0) is 12.9. The monoisotopic (exact) mass is 251 g/mol. The van der Waals surface area contributed by atoms with Gasteiger partial charge in [0.05, 0.1) is 6.54 Å². The van der Waals surface area contributed by atoms with E-state index in [9.17, 15) is 18.0 Å². The molecule has 1 aromatic heterocycles. The second-order valence-electron chi connectivity index (χ2n) is 3.76. The Morgan fingerprint density at radius 1 is 1.24 bits per heavy atom. The summed E-state index contributed by atoms with van der Waals surface area (Å²) in [4.78, 5) is 11.6. The first-order valence-electron chi connectivity index (χ1n) is 5.47. The average molecular weight is 251 g/mol. The molecule has 0 unspecified atom stereocenters. The van der Waals surface area contributed by atoms with Gasteiger partial charge in [0.2, 0.25) is 0 Å². The maximum Gasteiger partial charge on any atom is 0.401 e. The molecular formula is C10H16F3N3O. The molecule has 1 rings (SSSR count). The van der Waals surface area contributed by atoms with E-state index in [0.29, 0.717) is 6.54 Å². The quantitative estimate of drug-likeness (QED) is 0.772. The number of imidazole rings is 1. The van der Waals surface area contributed by atoms with Crippen molar-refractivity contribution in [2.45, 2.75) is 32.6 Å². The van der Waals surface area contributed by atoms with Crippen LogP contribution >= 0.6 is 0 Å². The molecule has 0 aliphatic heterocycles. The van der Waals surface area contributed by atoms with Gasteiger partial charge in [-0.05, 0) is 6.42 Å². The van der Waals surface area contributed by atoms with Crippen LogP contribution in [0.5, 0.6) is 0 Å². The third kappa shape index (κ3) is 4.64. The first kappa shape index (κ1) is 13.8. The molecule has 17 heavy (non-hydrogen) atoms. The Balaban J connectivity index is 2.40. The maximum absolute atomic E-state index is 11.8. The summed E-state index contributed by atoms with van der Waals surface area (Å²) in [6, 6.07) is 0. The Morgan fingerprint density at radius 2 is 1.82 bits per heavy atom. The van der Waals surface area contributed by atoms with E-state index >= 15 is 0 Å². The number of aryl methyl sites for hydroxylation is 1. The van der Waals surface area contributed by atoms with Crippen molar-refractivity contribution in [2.75, 3.05) is 13.1 Å². The highest BCUT2D eigenvalue weighted by Crippen LogP contribution is 2.11. The van der Waals surface area contributed by atoms with E-state index in [0.717, 1.165) is 6.42 Å². The van der Waals surface area contributed by atoms with Crippen molar-refractivity contribution in [3.05, 3.63) is 22.9 Å². The molecule has 1 N–H and O–H groups in total. The van der Waals surface area contributed by atoms with Gasteiger partial charge in [-0.25, -0.2) is 4.79 Å². The minimum absolute atomic E-state index is 0.121. The third-order valence-electron chi connectivity index (χ3n) is 2.24. The number of hydrogen-bond donors (Lipinski definition) is 1. The Kier molecular flexibility index (Phi) is 4.80. The van der Waals surface area contributed by atoms with E-state index in [1.807, 2.05) is 6.92 Å². The van der Waals surface area contributed by atoms with Crippen LogP contribution in [0.2, 0.25) is 0 Å². The number of rotatable bonds is 6. The lowest BCUT2D eigenvalue weighted by Crippen LogP contribution is -2.33. The van der Waals surface area contributed by atoms with Gasteiger partial charge in [0.25, 0.3) is 0 Å². The maximum atomic E-state index is 11.8. The zero-order valence-electron chi connectivity index (χ0n) is 9.63. The van der Waals surface area contributed by atoms with Crippen LogP contribution in [0, 0.1) is 0 Å². The number of alkyl halides is 3. The molecule has 0 aliphatic rings. The van der Waals surface area contributed by atoms with Crippen LogP contribution in [-0.4, -0.2) is 28.4 Å². The highest BCUT2D eigenvalue weighted by Gasteiger charge is 2.25. The highest BCUT2D eigenvalue weighted by atomic mass is 19.4. The summed E-state index contributed by atoms with van der Waals surface area (Å²) in [5.74, 6) is 0. The molecule has 0 amide bonds. The number of hydrogen-bond acceptors (Lipinski definition) is 2. The molecule has 0 fully saturated rings. The van der Waals surface area contributed by atoms with E-state index in [1.165, 1.54) is 4.57 Å². The summed E-state index contributed by atoms with van der Waals surface area (Å²) in [5, 5.41) is 2.25. The molecule has 1 heterocycles. The first-order chi connectivity index (χ1) is 7.94. The lowest BCUT2D eigenvalue weighted by atomic mass is 10.5. The van der Waals surface area contributed by atoms with E-state index in [2.05, 4.69) is 5.32 Å². The minimum Gasteiger partial charge on any atom is -0.307 e. The van der Waals surface area contributed by atoms with Crippen LogP contribution in [0.1, 0.15) is 13.3 Å². The van der Waals surface area contributed by atoms with Crippen molar-refractivity contribution in [2.24, 2.45) is 0 Å². The Morgan fingerprint density at radius 3 is 2.35 bits per heavy atom. The molecule has 7 heteroatoms. The smallest absolute Gasteiger partial charge is 0.307 e. The molecule has 0 spiro atoms. The van der Waals surface area contributed by atoms with Gasteiger partial charge in [-0.1, -0.05) is 6.92 Å². The van der Waals surface area contributed by atoms with Gasteiger partial charge < -0.3 is 5.32 Å². The second kappa shape index (κ2) is 5.90. The SMILES string of the molecule is CCCn1ccn(CCNCC(F)(F)F)c1=O. The van der Waals surface area contributed by atoms with Gasteiger partial charge in [-0.2, -0.15) is 13.2 Å². The lowest BCUT2D eigenvalue weighted by molar-refractivity contribution is -0.124. The summed E-state index contributed by atoms with van der Waals surface area (Å²) < 4.78 is 38.4. The summed E-state index contributed by atoms with van der Waals surface area (Å²) in [6.07, 6.45) is -0.127. The fraction of sp³-hybridized carbons (Fsp3) is 0.700. The molecule has 0 bridgehead atoms. The van der Waals surface area contributed by atoms with Crippen LogP contribution in [0.3, 0.4) is 0 Å². The number of nitrogens with zero attached hydrogens (tertiary/aromatic N) is 2. The fourth-order valence-electron chi connectivity index (χ4n) is 1.46. The molecule has 0 atom stereocenters. The molecule has 0 aliphatic carbocycles. The standard InChI is InChI=1S/C10H16F3N3O/c1-2-4-15-6-7-16(9(15)17)5-3-14-8-10(11,12)13/h6-7,14H,2-5,8H2,1H3.